The van der Waals surface area contributed by atoms with E-state index in [-0.39, 0.29) is 12.5 Å². The molecule has 1 amide bonds. The number of nitrogens with one attached hydrogen (secondary N) is 1. The van der Waals surface area contributed by atoms with Gasteiger partial charge in [0.25, 0.3) is 0 Å². The lowest BCUT2D eigenvalue weighted by molar-refractivity contribution is -0.122. The number of rotatable bonds is 16. The minimum atomic E-state index is -0.0263. The Morgan fingerprint density at radius 1 is 0.800 bits per heavy atom. The second-order valence-electron chi connectivity index (χ2n) is 5.19. The van der Waals surface area contributed by atoms with Crippen molar-refractivity contribution in [1.29, 1.82) is 0 Å². The maximum atomic E-state index is 11.7. The van der Waals surface area contributed by atoms with Crippen LogP contribution in [-0.4, -0.2) is 70.5 Å². The first-order chi connectivity index (χ1) is 12.3. The Morgan fingerprint density at radius 3 is 1.88 bits per heavy atom. The Kier molecular flexibility index (Phi) is 13.8. The van der Waals surface area contributed by atoms with Crippen LogP contribution < -0.4 is 5.32 Å². The second-order valence-corrected chi connectivity index (χ2v) is 5.19. The number of aliphatic hydroxyl groups excluding tert-OH is 1. The molecule has 0 fully saturated rings. The normalized spacial score (nSPS) is 10.8. The van der Waals surface area contributed by atoms with Gasteiger partial charge < -0.3 is 29.4 Å². The molecular weight excluding hydrogens is 326 g/mol. The van der Waals surface area contributed by atoms with E-state index in [4.69, 9.17) is 24.1 Å². The fourth-order valence-corrected chi connectivity index (χ4v) is 1.88. The van der Waals surface area contributed by atoms with Crippen LogP contribution in [0.2, 0.25) is 0 Å². The molecule has 0 aliphatic carbocycles. The molecule has 0 atom stereocenters. The molecule has 1 aromatic rings. The fraction of sp³-hybridized carbons (Fsp3) is 0.611. The summed E-state index contributed by atoms with van der Waals surface area (Å²) in [5, 5.41) is 11.4. The number of benzene rings is 1. The third-order valence-corrected chi connectivity index (χ3v) is 3.16. The van der Waals surface area contributed by atoms with E-state index in [0.717, 1.165) is 5.56 Å². The lowest BCUT2D eigenvalue weighted by Crippen LogP contribution is -2.24. The quantitative estimate of drug-likeness (QED) is 0.426. The highest BCUT2D eigenvalue weighted by Gasteiger charge is 2.01. The number of carbonyl (C=O) groups is 1. The molecule has 1 rings (SSSR count). The van der Waals surface area contributed by atoms with E-state index in [1.807, 2.05) is 30.3 Å². The molecule has 0 aliphatic rings. The zero-order valence-corrected chi connectivity index (χ0v) is 14.7. The predicted octanol–water partition coefficient (Wildman–Crippen LogP) is 0.752. The van der Waals surface area contributed by atoms with Crippen molar-refractivity contribution < 1.29 is 28.8 Å². The van der Waals surface area contributed by atoms with Crippen LogP contribution in [0, 0.1) is 0 Å². The van der Waals surface area contributed by atoms with Gasteiger partial charge in [0.2, 0.25) is 5.91 Å². The fourth-order valence-electron chi connectivity index (χ4n) is 1.88. The summed E-state index contributed by atoms with van der Waals surface area (Å²) in [7, 11) is 0. The van der Waals surface area contributed by atoms with Crippen molar-refractivity contribution >= 4 is 5.91 Å². The molecule has 0 bridgehead atoms. The molecule has 0 aromatic heterocycles. The average molecular weight is 355 g/mol. The van der Waals surface area contributed by atoms with Crippen LogP contribution in [0.5, 0.6) is 0 Å². The molecule has 2 N–H and O–H groups in total. The van der Waals surface area contributed by atoms with Gasteiger partial charge in [-0.05, 0) is 5.56 Å². The Hall–Kier alpha value is -1.51. The van der Waals surface area contributed by atoms with E-state index >= 15 is 0 Å². The molecule has 25 heavy (non-hydrogen) atoms. The first-order valence-corrected chi connectivity index (χ1v) is 8.55. The van der Waals surface area contributed by atoms with Crippen molar-refractivity contribution in [2.45, 2.75) is 13.0 Å². The topological polar surface area (TPSA) is 86.3 Å². The summed E-state index contributed by atoms with van der Waals surface area (Å²) >= 11 is 0. The van der Waals surface area contributed by atoms with Crippen LogP contribution in [0.4, 0.5) is 0 Å². The third kappa shape index (κ3) is 13.5. The van der Waals surface area contributed by atoms with Crippen molar-refractivity contribution in [1.82, 2.24) is 5.32 Å². The van der Waals surface area contributed by atoms with Crippen LogP contribution in [-0.2, 0) is 30.3 Å². The molecule has 7 nitrogen and oxygen atoms in total. The smallest absolute Gasteiger partial charge is 0.222 e. The van der Waals surface area contributed by atoms with E-state index in [0.29, 0.717) is 65.8 Å². The Bertz CT molecular complexity index is 429. The van der Waals surface area contributed by atoms with Crippen LogP contribution in [0.1, 0.15) is 12.0 Å². The highest BCUT2D eigenvalue weighted by atomic mass is 16.6. The summed E-state index contributed by atoms with van der Waals surface area (Å²) < 4.78 is 21.0. The van der Waals surface area contributed by atoms with Gasteiger partial charge in [-0.1, -0.05) is 30.3 Å². The van der Waals surface area contributed by atoms with E-state index in [1.165, 1.54) is 0 Å². The lowest BCUT2D eigenvalue weighted by Gasteiger charge is -2.08. The highest BCUT2D eigenvalue weighted by Crippen LogP contribution is 1.97. The van der Waals surface area contributed by atoms with Crippen LogP contribution in [0.15, 0.2) is 30.3 Å². The highest BCUT2D eigenvalue weighted by molar-refractivity contribution is 5.75. The van der Waals surface area contributed by atoms with E-state index in [9.17, 15) is 4.79 Å². The number of hydrogen-bond donors (Lipinski definition) is 2. The molecule has 142 valence electrons. The minimum absolute atomic E-state index is 0.0256. The SMILES string of the molecule is O=C(CCOCCOCCOCCOCCO)NCc1ccccc1. The van der Waals surface area contributed by atoms with Crippen molar-refractivity contribution in [3.63, 3.8) is 0 Å². The first-order valence-electron chi connectivity index (χ1n) is 8.55. The standard InChI is InChI=1S/C18H29NO6/c20-7-9-23-11-13-25-15-14-24-12-10-22-8-6-18(21)19-16-17-4-2-1-3-5-17/h1-5,20H,6-16H2,(H,19,21). The van der Waals surface area contributed by atoms with Gasteiger partial charge in [0.1, 0.15) is 0 Å². The molecule has 0 radical (unpaired) electrons. The van der Waals surface area contributed by atoms with Gasteiger partial charge in [0.05, 0.1) is 59.5 Å². The molecule has 0 unspecified atom stereocenters. The number of aliphatic hydroxyl groups is 1. The summed E-state index contributed by atoms with van der Waals surface area (Å²) in [6.45, 7) is 4.12. The predicted molar refractivity (Wildman–Crippen MR) is 93.3 cm³/mol. The number of ether oxygens (including phenoxy) is 4. The minimum Gasteiger partial charge on any atom is -0.394 e. The van der Waals surface area contributed by atoms with E-state index in [2.05, 4.69) is 5.32 Å². The first kappa shape index (κ1) is 21.5. The van der Waals surface area contributed by atoms with Crippen molar-refractivity contribution in [3.8, 4) is 0 Å². The summed E-state index contributed by atoms with van der Waals surface area (Å²) in [6, 6.07) is 9.78. The third-order valence-electron chi connectivity index (χ3n) is 3.16. The van der Waals surface area contributed by atoms with Gasteiger partial charge in [-0.25, -0.2) is 0 Å². The molecule has 0 saturated carbocycles. The number of amides is 1. The summed E-state index contributed by atoms with van der Waals surface area (Å²) in [6.07, 6.45) is 0.337. The molecule has 0 heterocycles. The Morgan fingerprint density at radius 2 is 1.32 bits per heavy atom. The van der Waals surface area contributed by atoms with Crippen LogP contribution >= 0.6 is 0 Å². The molecular formula is C18H29NO6. The number of carbonyl (C=O) groups excluding carboxylic acids is 1. The summed E-state index contributed by atoms with van der Waals surface area (Å²) in [5.74, 6) is -0.0263. The second kappa shape index (κ2) is 16.0. The van der Waals surface area contributed by atoms with Gasteiger partial charge in [-0.15, -0.1) is 0 Å². The molecule has 0 saturated heterocycles. The lowest BCUT2D eigenvalue weighted by atomic mass is 10.2. The molecule has 0 spiro atoms. The van der Waals surface area contributed by atoms with Crippen LogP contribution in [0.3, 0.4) is 0 Å². The van der Waals surface area contributed by atoms with Gasteiger partial charge in [-0.2, -0.15) is 0 Å². The Balaban J connectivity index is 1.80. The molecule has 0 aliphatic heterocycles. The van der Waals surface area contributed by atoms with Crippen molar-refractivity contribution in [2.75, 3.05) is 59.5 Å². The van der Waals surface area contributed by atoms with E-state index in [1.54, 1.807) is 0 Å². The summed E-state index contributed by atoms with van der Waals surface area (Å²) in [5.41, 5.74) is 1.08. The zero-order valence-electron chi connectivity index (χ0n) is 14.7. The van der Waals surface area contributed by atoms with E-state index < -0.39 is 0 Å². The van der Waals surface area contributed by atoms with Crippen molar-refractivity contribution in [3.05, 3.63) is 35.9 Å². The number of hydrogen-bond acceptors (Lipinski definition) is 6. The average Bonchev–Trinajstić information content (AvgIpc) is 2.64. The van der Waals surface area contributed by atoms with Crippen LogP contribution in [0.25, 0.3) is 0 Å². The largest absolute Gasteiger partial charge is 0.394 e. The maximum absolute atomic E-state index is 11.7. The maximum Gasteiger partial charge on any atom is 0.222 e. The van der Waals surface area contributed by atoms with Gasteiger partial charge in [-0.3, -0.25) is 4.79 Å². The summed E-state index contributed by atoms with van der Waals surface area (Å²) in [4.78, 5) is 11.7. The van der Waals surface area contributed by atoms with Gasteiger partial charge in [0.15, 0.2) is 0 Å². The van der Waals surface area contributed by atoms with Crippen molar-refractivity contribution in [2.24, 2.45) is 0 Å². The zero-order chi connectivity index (χ0) is 18.0. The van der Waals surface area contributed by atoms with Gasteiger partial charge >= 0.3 is 0 Å². The Labute approximate surface area is 149 Å². The molecule has 1 aromatic carbocycles. The monoisotopic (exact) mass is 355 g/mol. The van der Waals surface area contributed by atoms with Gasteiger partial charge in [0, 0.05) is 13.0 Å². The molecule has 7 heteroatoms.